The summed E-state index contributed by atoms with van der Waals surface area (Å²) in [6.45, 7) is 1.75. The number of hydrogen-bond donors (Lipinski definition) is 3. The molecule has 0 radical (unpaired) electrons. The second kappa shape index (κ2) is 13.7. The van der Waals surface area contributed by atoms with E-state index in [-0.39, 0.29) is 31.6 Å². The van der Waals surface area contributed by atoms with Gasteiger partial charge in [-0.2, -0.15) is 0 Å². The topological polar surface area (TPSA) is 97.3 Å². The van der Waals surface area contributed by atoms with Crippen molar-refractivity contribution in [3.05, 3.63) is 34.2 Å². The van der Waals surface area contributed by atoms with E-state index >= 15 is 0 Å². The summed E-state index contributed by atoms with van der Waals surface area (Å²) in [5.74, 6) is 0.136. The summed E-state index contributed by atoms with van der Waals surface area (Å²) in [5, 5.41) is 22.4. The number of unbranched alkanes of at least 4 members (excludes halogenated alkanes) is 3. The van der Waals surface area contributed by atoms with Gasteiger partial charge in [-0.15, -0.1) is 11.3 Å². The van der Waals surface area contributed by atoms with Crippen LogP contribution in [0.25, 0.3) is 0 Å². The molecule has 8 heteroatoms. The molecule has 158 valence electrons. The second-order valence-electron chi connectivity index (χ2n) is 6.54. The average molecular weight is 414 g/mol. The van der Waals surface area contributed by atoms with Gasteiger partial charge in [0.25, 0.3) is 5.91 Å². The van der Waals surface area contributed by atoms with Crippen LogP contribution in [0.15, 0.2) is 29.3 Å². The SMILES string of the molecule is O=C(NCCCCCCO)C1=C[C@@H](c2cccs2)C[C@@H](OCCOCCO)O1. The zero-order valence-electron chi connectivity index (χ0n) is 16.2. The van der Waals surface area contributed by atoms with Crippen molar-refractivity contribution in [3.8, 4) is 0 Å². The van der Waals surface area contributed by atoms with Crippen LogP contribution in [0, 0.1) is 0 Å². The van der Waals surface area contributed by atoms with Gasteiger partial charge in [0, 0.05) is 30.4 Å². The number of hydrogen-bond acceptors (Lipinski definition) is 7. The minimum absolute atomic E-state index is 0.0204. The fraction of sp³-hybridized carbons (Fsp3) is 0.650. The van der Waals surface area contributed by atoms with Crippen molar-refractivity contribution in [1.82, 2.24) is 5.32 Å². The number of carbonyl (C=O) groups is 1. The molecule has 2 rings (SSSR count). The molecule has 28 heavy (non-hydrogen) atoms. The fourth-order valence-electron chi connectivity index (χ4n) is 2.90. The molecule has 0 saturated carbocycles. The number of carbonyl (C=O) groups excluding carboxylic acids is 1. The molecule has 0 saturated heterocycles. The lowest BCUT2D eigenvalue weighted by Crippen LogP contribution is -2.33. The number of ether oxygens (including phenoxy) is 3. The molecule has 2 atom stereocenters. The lowest BCUT2D eigenvalue weighted by molar-refractivity contribution is -0.151. The predicted molar refractivity (Wildman–Crippen MR) is 107 cm³/mol. The largest absolute Gasteiger partial charge is 0.459 e. The van der Waals surface area contributed by atoms with E-state index in [1.54, 1.807) is 11.3 Å². The second-order valence-corrected chi connectivity index (χ2v) is 7.52. The lowest BCUT2D eigenvalue weighted by atomic mass is 9.99. The Balaban J connectivity index is 1.85. The van der Waals surface area contributed by atoms with Gasteiger partial charge in [-0.25, -0.2) is 0 Å². The predicted octanol–water partition coefficient (Wildman–Crippen LogP) is 2.16. The fourth-order valence-corrected chi connectivity index (χ4v) is 3.71. The molecule has 1 aliphatic rings. The Morgan fingerprint density at radius 3 is 2.79 bits per heavy atom. The van der Waals surface area contributed by atoms with E-state index in [4.69, 9.17) is 24.4 Å². The van der Waals surface area contributed by atoms with E-state index in [9.17, 15) is 4.79 Å². The van der Waals surface area contributed by atoms with Gasteiger partial charge in [0.1, 0.15) is 0 Å². The molecule has 0 unspecified atom stereocenters. The number of allylic oxidation sites excluding steroid dienone is 1. The number of thiophene rings is 1. The third-order valence-corrected chi connectivity index (χ3v) is 5.33. The molecule has 7 nitrogen and oxygen atoms in total. The van der Waals surface area contributed by atoms with Gasteiger partial charge in [-0.05, 0) is 30.4 Å². The lowest BCUT2D eigenvalue weighted by Gasteiger charge is -2.28. The standard InChI is InChI=1S/C20H31NO6S/c22-8-4-2-1-3-7-21-20(24)17-14-16(18-6-5-13-28-18)15-19(27-17)26-12-11-25-10-9-23/h5-6,13-14,16,19,22-23H,1-4,7-12,15H2,(H,21,24)/t16-,19+/m1/s1. The maximum absolute atomic E-state index is 12.5. The molecule has 1 aromatic rings. The first-order valence-electron chi connectivity index (χ1n) is 9.85. The summed E-state index contributed by atoms with van der Waals surface area (Å²) in [4.78, 5) is 13.7. The quantitative estimate of drug-likeness (QED) is 0.405. The molecule has 0 spiro atoms. The highest BCUT2D eigenvalue weighted by Gasteiger charge is 2.29. The molecular formula is C20H31NO6S. The van der Waals surface area contributed by atoms with Crippen LogP contribution in [0.5, 0.6) is 0 Å². The first-order valence-corrected chi connectivity index (χ1v) is 10.7. The summed E-state index contributed by atoms with van der Waals surface area (Å²) < 4.78 is 16.7. The van der Waals surface area contributed by atoms with Gasteiger partial charge in [0.05, 0.1) is 26.4 Å². The maximum atomic E-state index is 12.5. The first-order chi connectivity index (χ1) is 13.7. The minimum atomic E-state index is -0.514. The summed E-state index contributed by atoms with van der Waals surface area (Å²) >= 11 is 1.65. The van der Waals surface area contributed by atoms with Crippen LogP contribution in [0.4, 0.5) is 0 Å². The molecule has 1 aliphatic heterocycles. The number of aliphatic hydroxyl groups excluding tert-OH is 2. The van der Waals surface area contributed by atoms with Gasteiger partial charge in [-0.1, -0.05) is 18.9 Å². The third kappa shape index (κ3) is 8.28. The van der Waals surface area contributed by atoms with Crippen LogP contribution in [0.3, 0.4) is 0 Å². The van der Waals surface area contributed by atoms with E-state index < -0.39 is 6.29 Å². The molecule has 0 aliphatic carbocycles. The summed E-state index contributed by atoms with van der Waals surface area (Å²) in [7, 11) is 0. The van der Waals surface area contributed by atoms with Crippen molar-refractivity contribution in [2.24, 2.45) is 0 Å². The zero-order chi connectivity index (χ0) is 20.0. The minimum Gasteiger partial charge on any atom is -0.459 e. The highest BCUT2D eigenvalue weighted by molar-refractivity contribution is 7.10. The van der Waals surface area contributed by atoms with Crippen molar-refractivity contribution in [3.63, 3.8) is 0 Å². The van der Waals surface area contributed by atoms with Crippen LogP contribution in [0.1, 0.15) is 42.9 Å². The molecular weight excluding hydrogens is 382 g/mol. The van der Waals surface area contributed by atoms with E-state index in [2.05, 4.69) is 11.4 Å². The smallest absolute Gasteiger partial charge is 0.286 e. The Morgan fingerprint density at radius 1 is 1.18 bits per heavy atom. The highest BCUT2D eigenvalue weighted by Crippen LogP contribution is 2.33. The molecule has 1 amide bonds. The van der Waals surface area contributed by atoms with E-state index in [0.717, 1.165) is 25.7 Å². The van der Waals surface area contributed by atoms with Crippen molar-refractivity contribution >= 4 is 17.2 Å². The molecule has 0 fully saturated rings. The van der Waals surface area contributed by atoms with Gasteiger partial charge in [-0.3, -0.25) is 4.79 Å². The summed E-state index contributed by atoms with van der Waals surface area (Å²) in [6.07, 6.45) is 5.59. The van der Waals surface area contributed by atoms with Crippen molar-refractivity contribution in [1.29, 1.82) is 0 Å². The van der Waals surface area contributed by atoms with Crippen molar-refractivity contribution < 1.29 is 29.2 Å². The average Bonchev–Trinajstić information content (AvgIpc) is 3.25. The Hall–Kier alpha value is -1.45. The Bertz CT molecular complexity index is 577. The summed E-state index contributed by atoms with van der Waals surface area (Å²) in [6, 6.07) is 4.04. The van der Waals surface area contributed by atoms with Gasteiger partial charge in [0.15, 0.2) is 5.76 Å². The van der Waals surface area contributed by atoms with E-state index in [0.29, 0.717) is 31.9 Å². The molecule has 0 aromatic carbocycles. The summed E-state index contributed by atoms with van der Waals surface area (Å²) in [5.41, 5.74) is 0. The van der Waals surface area contributed by atoms with Gasteiger partial charge >= 0.3 is 0 Å². The van der Waals surface area contributed by atoms with Crippen LogP contribution in [-0.4, -0.2) is 62.0 Å². The normalized spacial score (nSPS) is 19.1. The number of rotatable bonds is 14. The van der Waals surface area contributed by atoms with Crippen LogP contribution in [-0.2, 0) is 19.0 Å². The zero-order valence-corrected chi connectivity index (χ0v) is 17.0. The van der Waals surface area contributed by atoms with Gasteiger partial charge < -0.3 is 29.7 Å². The Morgan fingerprint density at radius 2 is 2.04 bits per heavy atom. The Labute approximate surface area is 170 Å². The van der Waals surface area contributed by atoms with Crippen LogP contribution >= 0.6 is 11.3 Å². The molecule has 0 bridgehead atoms. The van der Waals surface area contributed by atoms with Crippen molar-refractivity contribution in [2.45, 2.75) is 44.3 Å². The van der Waals surface area contributed by atoms with Crippen LogP contribution in [0.2, 0.25) is 0 Å². The van der Waals surface area contributed by atoms with E-state index in [1.807, 2.05) is 17.5 Å². The Kier molecular flexibility index (Phi) is 11.2. The van der Waals surface area contributed by atoms with Crippen LogP contribution < -0.4 is 5.32 Å². The first kappa shape index (κ1) is 22.8. The van der Waals surface area contributed by atoms with Crippen molar-refractivity contribution in [2.75, 3.05) is 39.6 Å². The maximum Gasteiger partial charge on any atom is 0.286 e. The highest BCUT2D eigenvalue weighted by atomic mass is 32.1. The molecule has 1 aromatic heterocycles. The monoisotopic (exact) mass is 413 g/mol. The number of nitrogens with one attached hydrogen (secondary N) is 1. The number of amides is 1. The van der Waals surface area contributed by atoms with E-state index in [1.165, 1.54) is 4.88 Å². The number of aliphatic hydroxyl groups is 2. The third-order valence-electron chi connectivity index (χ3n) is 4.33. The molecule has 3 N–H and O–H groups in total. The van der Waals surface area contributed by atoms with Gasteiger partial charge in [0.2, 0.25) is 6.29 Å². The molecule has 2 heterocycles.